The van der Waals surface area contributed by atoms with E-state index in [2.05, 4.69) is 21.2 Å². The van der Waals surface area contributed by atoms with Gasteiger partial charge in [0.1, 0.15) is 0 Å². The van der Waals surface area contributed by atoms with Crippen molar-refractivity contribution in [1.82, 2.24) is 5.32 Å². The van der Waals surface area contributed by atoms with Gasteiger partial charge in [-0.15, -0.1) is 11.3 Å². The summed E-state index contributed by atoms with van der Waals surface area (Å²) in [6.07, 6.45) is -4.35. The first-order chi connectivity index (χ1) is 9.77. The summed E-state index contributed by atoms with van der Waals surface area (Å²) in [7, 11) is 0. The number of amides is 1. The van der Waals surface area contributed by atoms with Crippen molar-refractivity contribution in [3.63, 3.8) is 0 Å². The van der Waals surface area contributed by atoms with Gasteiger partial charge in [-0.25, -0.2) is 0 Å². The van der Waals surface area contributed by atoms with Crippen molar-refractivity contribution in [3.8, 4) is 0 Å². The third-order valence-corrected chi connectivity index (χ3v) is 4.51. The van der Waals surface area contributed by atoms with Gasteiger partial charge >= 0.3 is 6.18 Å². The molecule has 0 aliphatic rings. The maximum absolute atomic E-state index is 12.5. The number of carbonyl (C=O) groups excluding carboxylic acids is 1. The molecule has 2 nitrogen and oxygen atoms in total. The van der Waals surface area contributed by atoms with Crippen LogP contribution in [-0.4, -0.2) is 5.91 Å². The van der Waals surface area contributed by atoms with Crippen LogP contribution in [0.5, 0.6) is 0 Å². The molecule has 2 aromatic rings. The lowest BCUT2D eigenvalue weighted by Crippen LogP contribution is -2.25. The summed E-state index contributed by atoms with van der Waals surface area (Å²) in [5.74, 6) is -0.252. The van der Waals surface area contributed by atoms with Crippen molar-refractivity contribution in [1.29, 1.82) is 0 Å². The minimum absolute atomic E-state index is 0.252. The predicted octanol–water partition coefficient (Wildman–Crippen LogP) is 5.02. The molecule has 0 aliphatic carbocycles. The zero-order valence-corrected chi connectivity index (χ0v) is 13.3. The molecule has 0 fully saturated rings. The van der Waals surface area contributed by atoms with Crippen LogP contribution in [0.25, 0.3) is 0 Å². The van der Waals surface area contributed by atoms with Gasteiger partial charge in [0, 0.05) is 0 Å². The molecule has 1 aromatic carbocycles. The fraction of sp³-hybridized carbons (Fsp3) is 0.214. The number of hydrogen-bond acceptors (Lipinski definition) is 2. The summed E-state index contributed by atoms with van der Waals surface area (Å²) >= 11 is 4.56. The van der Waals surface area contributed by atoms with Gasteiger partial charge in [0.25, 0.3) is 5.91 Å². The number of rotatable bonds is 3. The van der Waals surface area contributed by atoms with Crippen LogP contribution in [0.4, 0.5) is 13.2 Å². The van der Waals surface area contributed by atoms with Crippen LogP contribution in [0.1, 0.15) is 33.8 Å². The van der Waals surface area contributed by atoms with E-state index >= 15 is 0 Å². The zero-order valence-electron chi connectivity index (χ0n) is 10.9. The molecule has 21 heavy (non-hydrogen) atoms. The Morgan fingerprint density at radius 1 is 1.19 bits per heavy atom. The van der Waals surface area contributed by atoms with Gasteiger partial charge in [-0.1, -0.05) is 12.1 Å². The van der Waals surface area contributed by atoms with E-state index in [1.807, 2.05) is 0 Å². The van der Waals surface area contributed by atoms with Crippen molar-refractivity contribution in [2.45, 2.75) is 19.1 Å². The van der Waals surface area contributed by atoms with Crippen molar-refractivity contribution in [3.05, 3.63) is 56.2 Å². The second kappa shape index (κ2) is 6.19. The van der Waals surface area contributed by atoms with Gasteiger partial charge in [0.05, 0.1) is 20.3 Å². The molecule has 112 valence electrons. The Balaban J connectivity index is 2.06. The number of hydrogen-bond donors (Lipinski definition) is 1. The molecular weight excluding hydrogens is 367 g/mol. The molecule has 0 saturated carbocycles. The van der Waals surface area contributed by atoms with E-state index in [1.165, 1.54) is 23.5 Å². The zero-order chi connectivity index (χ0) is 15.6. The number of benzene rings is 1. The Hall–Kier alpha value is -1.34. The Labute approximate surface area is 132 Å². The minimum atomic E-state index is -4.35. The van der Waals surface area contributed by atoms with Crippen molar-refractivity contribution in [2.75, 3.05) is 0 Å². The topological polar surface area (TPSA) is 29.1 Å². The van der Waals surface area contributed by atoms with Crippen LogP contribution in [0.3, 0.4) is 0 Å². The molecule has 0 aliphatic heterocycles. The number of nitrogens with one attached hydrogen (secondary N) is 1. The van der Waals surface area contributed by atoms with Gasteiger partial charge < -0.3 is 5.32 Å². The first kappa shape index (κ1) is 16.0. The first-order valence-electron chi connectivity index (χ1n) is 6.01. The van der Waals surface area contributed by atoms with Crippen molar-refractivity contribution >= 4 is 33.2 Å². The molecule has 7 heteroatoms. The number of carbonyl (C=O) groups is 1. The Kier molecular flexibility index (Phi) is 4.73. The maximum atomic E-state index is 12.5. The Morgan fingerprint density at radius 3 is 2.29 bits per heavy atom. The standard InChI is InChI=1S/C14H11BrF3NOS/c1-8(19-13(20)11-6-7-12(15)21-11)9-2-4-10(5-3-9)14(16,17)18/h2-8H,1H3,(H,19,20). The third-order valence-electron chi connectivity index (χ3n) is 2.88. The van der Waals surface area contributed by atoms with E-state index in [0.717, 1.165) is 15.9 Å². The maximum Gasteiger partial charge on any atom is 0.416 e. The fourth-order valence-corrected chi connectivity index (χ4v) is 3.04. The summed E-state index contributed by atoms with van der Waals surface area (Å²) in [4.78, 5) is 12.5. The predicted molar refractivity (Wildman–Crippen MR) is 79.3 cm³/mol. The van der Waals surface area contributed by atoms with Gasteiger partial charge in [-0.05, 0) is 52.7 Å². The number of halogens is 4. The van der Waals surface area contributed by atoms with Crippen LogP contribution >= 0.6 is 27.3 Å². The van der Waals surface area contributed by atoms with Gasteiger partial charge in [0.15, 0.2) is 0 Å². The monoisotopic (exact) mass is 377 g/mol. The molecule has 1 aromatic heterocycles. The lowest BCUT2D eigenvalue weighted by atomic mass is 10.1. The average Bonchev–Trinajstić information content (AvgIpc) is 2.84. The van der Waals surface area contributed by atoms with E-state index in [4.69, 9.17) is 0 Å². The Morgan fingerprint density at radius 2 is 1.81 bits per heavy atom. The fourth-order valence-electron chi connectivity index (χ4n) is 1.75. The normalized spacial score (nSPS) is 13.0. The highest BCUT2D eigenvalue weighted by Crippen LogP contribution is 2.30. The van der Waals surface area contributed by atoms with E-state index in [1.54, 1.807) is 19.1 Å². The van der Waals surface area contributed by atoms with E-state index in [-0.39, 0.29) is 11.9 Å². The minimum Gasteiger partial charge on any atom is -0.345 e. The van der Waals surface area contributed by atoms with Gasteiger partial charge in [-0.3, -0.25) is 4.79 Å². The van der Waals surface area contributed by atoms with E-state index in [0.29, 0.717) is 10.4 Å². The SMILES string of the molecule is CC(NC(=O)c1ccc(Br)s1)c1ccc(C(F)(F)F)cc1. The largest absolute Gasteiger partial charge is 0.416 e. The molecule has 0 radical (unpaired) electrons. The van der Waals surface area contributed by atoms with Crippen LogP contribution in [-0.2, 0) is 6.18 Å². The molecule has 1 atom stereocenters. The highest BCUT2D eigenvalue weighted by Gasteiger charge is 2.30. The average molecular weight is 378 g/mol. The molecule has 0 spiro atoms. The smallest absolute Gasteiger partial charge is 0.345 e. The van der Waals surface area contributed by atoms with Crippen molar-refractivity contribution < 1.29 is 18.0 Å². The molecule has 1 amide bonds. The summed E-state index contributed by atoms with van der Waals surface area (Å²) in [5, 5.41) is 2.75. The first-order valence-corrected chi connectivity index (χ1v) is 7.61. The quantitative estimate of drug-likeness (QED) is 0.799. The number of alkyl halides is 3. The van der Waals surface area contributed by atoms with E-state index in [9.17, 15) is 18.0 Å². The highest BCUT2D eigenvalue weighted by atomic mass is 79.9. The molecule has 1 unspecified atom stereocenters. The van der Waals surface area contributed by atoms with Gasteiger partial charge in [-0.2, -0.15) is 13.2 Å². The summed E-state index contributed by atoms with van der Waals surface area (Å²) < 4.78 is 38.3. The van der Waals surface area contributed by atoms with E-state index < -0.39 is 11.7 Å². The van der Waals surface area contributed by atoms with Crippen LogP contribution < -0.4 is 5.32 Å². The molecule has 1 N–H and O–H groups in total. The second-order valence-electron chi connectivity index (χ2n) is 4.42. The van der Waals surface area contributed by atoms with Crippen LogP contribution in [0, 0.1) is 0 Å². The molecule has 2 rings (SSSR count). The summed E-state index contributed by atoms with van der Waals surface area (Å²) in [6, 6.07) is 7.85. The van der Waals surface area contributed by atoms with Crippen LogP contribution in [0.15, 0.2) is 40.2 Å². The summed E-state index contributed by atoms with van der Waals surface area (Å²) in [6.45, 7) is 1.73. The lowest BCUT2D eigenvalue weighted by Gasteiger charge is -2.15. The highest BCUT2D eigenvalue weighted by molar-refractivity contribution is 9.11. The van der Waals surface area contributed by atoms with Crippen LogP contribution in [0.2, 0.25) is 0 Å². The Bertz CT molecular complexity index is 636. The van der Waals surface area contributed by atoms with Crippen molar-refractivity contribution in [2.24, 2.45) is 0 Å². The lowest BCUT2D eigenvalue weighted by molar-refractivity contribution is -0.137. The van der Waals surface area contributed by atoms with Gasteiger partial charge in [0.2, 0.25) is 0 Å². The molecule has 0 saturated heterocycles. The number of thiophene rings is 1. The molecular formula is C14H11BrF3NOS. The third kappa shape index (κ3) is 4.07. The molecule has 0 bridgehead atoms. The molecule has 1 heterocycles. The second-order valence-corrected chi connectivity index (χ2v) is 6.88. The summed E-state index contributed by atoms with van der Waals surface area (Å²) in [5.41, 5.74) is -0.0843.